The Morgan fingerprint density at radius 2 is 1.97 bits per heavy atom. The fraction of sp³-hybridized carbons (Fsp3) is 0.500. The fourth-order valence-electron chi connectivity index (χ4n) is 3.50. The van der Waals surface area contributed by atoms with Gasteiger partial charge in [0.15, 0.2) is 0 Å². The summed E-state index contributed by atoms with van der Waals surface area (Å²) in [4.78, 5) is 17.0. The number of amides is 1. The van der Waals surface area contributed by atoms with Gasteiger partial charge in [0, 0.05) is 31.4 Å². The number of sulfonamides is 1. The van der Waals surface area contributed by atoms with E-state index in [0.29, 0.717) is 24.5 Å². The number of benzene rings is 1. The molecular weight excluding hydrogens is 392 g/mol. The minimum absolute atomic E-state index is 0.0831. The van der Waals surface area contributed by atoms with E-state index in [1.165, 1.54) is 23.5 Å². The van der Waals surface area contributed by atoms with E-state index < -0.39 is 10.0 Å². The lowest BCUT2D eigenvalue weighted by Gasteiger charge is -2.26. The number of nitrogens with one attached hydrogen (secondary N) is 1. The number of hydrogen-bond acceptors (Lipinski definition) is 5. The second-order valence-electron chi connectivity index (χ2n) is 7.44. The number of carbonyl (C=O) groups excluding carboxylic acids is 1. The molecule has 1 N–H and O–H groups in total. The second kappa shape index (κ2) is 8.96. The number of methoxy groups -OCH3 is 1. The maximum absolute atomic E-state index is 13.0. The van der Waals surface area contributed by atoms with Crippen molar-refractivity contribution in [1.29, 1.82) is 0 Å². The van der Waals surface area contributed by atoms with E-state index in [4.69, 9.17) is 4.74 Å². The predicted molar refractivity (Wildman–Crippen MR) is 111 cm³/mol. The first-order valence-corrected chi connectivity index (χ1v) is 11.3. The largest absolute Gasteiger partial charge is 0.495 e. The first-order valence-electron chi connectivity index (χ1n) is 9.82. The van der Waals surface area contributed by atoms with Crippen molar-refractivity contribution in [3.05, 3.63) is 36.4 Å². The topological polar surface area (TPSA) is 93.5 Å². The van der Waals surface area contributed by atoms with Crippen LogP contribution in [0.15, 0.2) is 35.5 Å². The van der Waals surface area contributed by atoms with Gasteiger partial charge in [-0.05, 0) is 31.0 Å². The van der Waals surface area contributed by atoms with Gasteiger partial charge in [0.2, 0.25) is 15.9 Å². The Morgan fingerprint density at radius 3 is 2.62 bits per heavy atom. The molecule has 158 valence electrons. The maximum atomic E-state index is 13.0. The van der Waals surface area contributed by atoms with Crippen molar-refractivity contribution in [2.45, 2.75) is 50.5 Å². The molecule has 0 bridgehead atoms. The molecule has 1 aliphatic heterocycles. The van der Waals surface area contributed by atoms with E-state index >= 15 is 0 Å². The van der Waals surface area contributed by atoms with Crippen LogP contribution in [-0.4, -0.2) is 48.4 Å². The lowest BCUT2D eigenvalue weighted by molar-refractivity contribution is -0.116. The minimum atomic E-state index is -3.60. The van der Waals surface area contributed by atoms with Gasteiger partial charge in [-0.2, -0.15) is 4.31 Å². The van der Waals surface area contributed by atoms with Crippen LogP contribution in [0.4, 0.5) is 5.69 Å². The van der Waals surface area contributed by atoms with Crippen LogP contribution in [-0.2, 0) is 21.4 Å². The van der Waals surface area contributed by atoms with E-state index in [1.807, 2.05) is 13.8 Å². The average molecular weight is 421 g/mol. The molecule has 1 aromatic carbocycles. The lowest BCUT2D eigenvalue weighted by atomic mass is 10.2. The molecular formula is C20H28N4O4S. The minimum Gasteiger partial charge on any atom is -0.495 e. The van der Waals surface area contributed by atoms with Gasteiger partial charge in [-0.1, -0.05) is 20.3 Å². The second-order valence-corrected chi connectivity index (χ2v) is 9.38. The summed E-state index contributed by atoms with van der Waals surface area (Å²) >= 11 is 0. The van der Waals surface area contributed by atoms with Crippen LogP contribution in [0.25, 0.3) is 0 Å². The molecule has 1 aromatic heterocycles. The van der Waals surface area contributed by atoms with Crippen molar-refractivity contribution >= 4 is 21.6 Å². The van der Waals surface area contributed by atoms with Crippen LogP contribution in [0.2, 0.25) is 0 Å². The highest BCUT2D eigenvalue weighted by molar-refractivity contribution is 7.89. The third-order valence-corrected chi connectivity index (χ3v) is 6.87. The summed E-state index contributed by atoms with van der Waals surface area (Å²) in [6.07, 6.45) is 6.19. The van der Waals surface area contributed by atoms with Crippen molar-refractivity contribution in [1.82, 2.24) is 13.9 Å². The number of piperidine rings is 1. The molecule has 3 rings (SSSR count). The Balaban J connectivity index is 1.82. The predicted octanol–water partition coefficient (Wildman–Crippen LogP) is 2.83. The van der Waals surface area contributed by atoms with Crippen LogP contribution in [0.1, 0.15) is 44.9 Å². The number of anilines is 1. The van der Waals surface area contributed by atoms with Crippen LogP contribution in [0, 0.1) is 0 Å². The van der Waals surface area contributed by atoms with Crippen LogP contribution in [0.5, 0.6) is 5.75 Å². The number of imidazole rings is 1. The maximum Gasteiger partial charge on any atom is 0.244 e. The van der Waals surface area contributed by atoms with E-state index in [2.05, 4.69) is 10.3 Å². The highest BCUT2D eigenvalue weighted by Gasteiger charge is 2.27. The number of nitrogens with zero attached hydrogens (tertiary/aromatic N) is 3. The third-order valence-electron chi connectivity index (χ3n) is 4.98. The van der Waals surface area contributed by atoms with Crippen LogP contribution >= 0.6 is 0 Å². The van der Waals surface area contributed by atoms with Crippen molar-refractivity contribution in [3.63, 3.8) is 0 Å². The summed E-state index contributed by atoms with van der Waals surface area (Å²) in [6.45, 7) is 5.15. The molecule has 1 saturated heterocycles. The SMILES string of the molecule is COc1ccc(S(=O)(=O)N2CCCCC2)cc1NC(=O)Cn1ccnc1C(C)C. The summed E-state index contributed by atoms with van der Waals surface area (Å²) in [6, 6.07) is 4.56. The molecule has 29 heavy (non-hydrogen) atoms. The zero-order valence-electron chi connectivity index (χ0n) is 17.1. The van der Waals surface area contributed by atoms with Gasteiger partial charge in [0.25, 0.3) is 0 Å². The van der Waals surface area contributed by atoms with Gasteiger partial charge in [-0.25, -0.2) is 13.4 Å². The molecule has 0 atom stereocenters. The lowest BCUT2D eigenvalue weighted by Crippen LogP contribution is -2.35. The molecule has 0 unspecified atom stereocenters. The van der Waals surface area contributed by atoms with Crippen molar-refractivity contribution in [2.75, 3.05) is 25.5 Å². The Kier molecular flexibility index (Phi) is 6.59. The molecule has 1 fully saturated rings. The highest BCUT2D eigenvalue weighted by Crippen LogP contribution is 2.30. The number of carbonyl (C=O) groups is 1. The number of hydrogen-bond donors (Lipinski definition) is 1. The monoisotopic (exact) mass is 420 g/mol. The molecule has 2 heterocycles. The molecule has 0 saturated carbocycles. The molecule has 1 amide bonds. The van der Waals surface area contributed by atoms with Gasteiger partial charge in [-0.15, -0.1) is 0 Å². The van der Waals surface area contributed by atoms with E-state index in [0.717, 1.165) is 25.1 Å². The quantitative estimate of drug-likeness (QED) is 0.743. The number of rotatable bonds is 7. The molecule has 1 aliphatic rings. The van der Waals surface area contributed by atoms with Crippen molar-refractivity contribution in [3.8, 4) is 5.75 Å². The average Bonchev–Trinajstić information content (AvgIpc) is 3.16. The zero-order valence-corrected chi connectivity index (χ0v) is 17.9. The normalized spacial score (nSPS) is 15.4. The van der Waals surface area contributed by atoms with Crippen LogP contribution < -0.4 is 10.1 Å². The van der Waals surface area contributed by atoms with E-state index in [9.17, 15) is 13.2 Å². The zero-order chi connectivity index (χ0) is 21.0. The van der Waals surface area contributed by atoms with Crippen molar-refractivity contribution in [2.24, 2.45) is 0 Å². The molecule has 9 heteroatoms. The highest BCUT2D eigenvalue weighted by atomic mass is 32.2. The molecule has 2 aromatic rings. The van der Waals surface area contributed by atoms with Gasteiger partial charge >= 0.3 is 0 Å². The summed E-state index contributed by atoms with van der Waals surface area (Å²) < 4.78 is 34.5. The summed E-state index contributed by atoms with van der Waals surface area (Å²) in [7, 11) is -2.12. The first-order chi connectivity index (χ1) is 13.8. The summed E-state index contributed by atoms with van der Waals surface area (Å²) in [5.74, 6) is 1.13. The van der Waals surface area contributed by atoms with Crippen molar-refractivity contribution < 1.29 is 17.9 Å². The number of aromatic nitrogens is 2. The summed E-state index contributed by atoms with van der Waals surface area (Å²) in [5.41, 5.74) is 0.335. The summed E-state index contributed by atoms with van der Waals surface area (Å²) in [5, 5.41) is 2.79. The van der Waals surface area contributed by atoms with Gasteiger partial charge in [-0.3, -0.25) is 4.79 Å². The Labute approximate surface area is 171 Å². The Morgan fingerprint density at radius 1 is 1.24 bits per heavy atom. The van der Waals surface area contributed by atoms with Crippen LogP contribution in [0.3, 0.4) is 0 Å². The standard InChI is InChI=1S/C20H28N4O4S/c1-15(2)20-21-9-12-23(20)14-19(25)22-17-13-16(7-8-18(17)28-3)29(26,27)24-10-5-4-6-11-24/h7-9,12-13,15H,4-6,10-11,14H2,1-3H3,(H,22,25). The molecule has 8 nitrogen and oxygen atoms in total. The van der Waals surface area contributed by atoms with Gasteiger partial charge in [0.1, 0.15) is 18.1 Å². The Hall–Kier alpha value is -2.39. The number of ether oxygens (including phenoxy) is 1. The van der Waals surface area contributed by atoms with Gasteiger partial charge < -0.3 is 14.6 Å². The Bertz CT molecular complexity index is 963. The van der Waals surface area contributed by atoms with Gasteiger partial charge in [0.05, 0.1) is 17.7 Å². The van der Waals surface area contributed by atoms with E-state index in [-0.39, 0.29) is 23.3 Å². The van der Waals surface area contributed by atoms with E-state index in [1.54, 1.807) is 23.0 Å². The first kappa shape index (κ1) is 21.3. The third kappa shape index (κ3) is 4.79. The fourth-order valence-corrected chi connectivity index (χ4v) is 5.04. The molecule has 0 radical (unpaired) electrons. The molecule has 0 spiro atoms. The molecule has 0 aliphatic carbocycles. The smallest absolute Gasteiger partial charge is 0.244 e.